The zero-order valence-electron chi connectivity index (χ0n) is 12.1. The zero-order valence-corrected chi connectivity index (χ0v) is 12.1. The Morgan fingerprint density at radius 3 is 2.38 bits per heavy atom. The van der Waals surface area contributed by atoms with Gasteiger partial charge in [-0.05, 0) is 47.7 Å². The van der Waals surface area contributed by atoms with Crippen LogP contribution < -0.4 is 0 Å². The van der Waals surface area contributed by atoms with E-state index in [2.05, 4.69) is 6.92 Å². The fourth-order valence-corrected chi connectivity index (χ4v) is 2.05. The number of benzene rings is 2. The molecule has 0 radical (unpaired) electrons. The molecule has 3 heteroatoms. The normalized spacial score (nSPS) is 11.5. The molecule has 0 saturated heterocycles. The van der Waals surface area contributed by atoms with E-state index in [0.717, 1.165) is 12.0 Å². The molecule has 0 bridgehead atoms. The lowest BCUT2D eigenvalue weighted by Gasteiger charge is -2.05. The van der Waals surface area contributed by atoms with Crippen molar-refractivity contribution < 1.29 is 14.3 Å². The lowest BCUT2D eigenvalue weighted by molar-refractivity contribution is -0.130. The van der Waals surface area contributed by atoms with Crippen LogP contribution in [0.15, 0.2) is 42.5 Å². The summed E-state index contributed by atoms with van der Waals surface area (Å²) in [6, 6.07) is 12.1. The molecule has 0 aliphatic rings. The van der Waals surface area contributed by atoms with Crippen molar-refractivity contribution in [2.45, 2.75) is 20.3 Å². The summed E-state index contributed by atoms with van der Waals surface area (Å²) in [5.74, 6) is -1.47. The van der Waals surface area contributed by atoms with Crippen LogP contribution in [0.1, 0.15) is 29.2 Å². The summed E-state index contributed by atoms with van der Waals surface area (Å²) in [5.41, 5.74) is 2.91. The van der Waals surface area contributed by atoms with Crippen LogP contribution in [0.2, 0.25) is 0 Å². The third-order valence-corrected chi connectivity index (χ3v) is 3.41. The maximum atomic E-state index is 13.6. The van der Waals surface area contributed by atoms with Crippen LogP contribution in [0.4, 0.5) is 4.39 Å². The molecule has 0 fully saturated rings. The first kappa shape index (κ1) is 15.0. The van der Waals surface area contributed by atoms with Crippen LogP contribution in [0.5, 0.6) is 0 Å². The van der Waals surface area contributed by atoms with Gasteiger partial charge < -0.3 is 5.11 Å². The van der Waals surface area contributed by atoms with Crippen LogP contribution in [0.25, 0.3) is 11.6 Å². The number of carboxylic acids is 1. The standard InChI is InChI=1S/C18H17FO2/c1-3-13-5-7-14(8-6-13)10-16(18(20)21)15-9-4-12(2)17(19)11-15/h4-11H,3H2,1-2H3,(H,20,21)/b16-10-. The molecule has 2 aromatic rings. The van der Waals surface area contributed by atoms with E-state index in [-0.39, 0.29) is 5.57 Å². The fourth-order valence-electron chi connectivity index (χ4n) is 2.05. The van der Waals surface area contributed by atoms with Gasteiger partial charge in [-0.1, -0.05) is 43.3 Å². The highest BCUT2D eigenvalue weighted by Crippen LogP contribution is 2.21. The largest absolute Gasteiger partial charge is 0.478 e. The number of hydrogen-bond acceptors (Lipinski definition) is 1. The minimum Gasteiger partial charge on any atom is -0.478 e. The van der Waals surface area contributed by atoms with E-state index in [1.54, 1.807) is 25.1 Å². The van der Waals surface area contributed by atoms with Gasteiger partial charge in [0.1, 0.15) is 5.82 Å². The van der Waals surface area contributed by atoms with E-state index in [1.165, 1.54) is 11.6 Å². The molecule has 0 aromatic heterocycles. The van der Waals surface area contributed by atoms with Crippen LogP contribution in [0, 0.1) is 12.7 Å². The minimum atomic E-state index is -1.07. The summed E-state index contributed by atoms with van der Waals surface area (Å²) in [7, 11) is 0. The van der Waals surface area contributed by atoms with Gasteiger partial charge in [0, 0.05) is 0 Å². The predicted octanol–water partition coefficient (Wildman–Crippen LogP) is 4.32. The molecule has 21 heavy (non-hydrogen) atoms. The highest BCUT2D eigenvalue weighted by Gasteiger charge is 2.12. The number of carbonyl (C=O) groups is 1. The second kappa shape index (κ2) is 6.35. The molecule has 0 aliphatic carbocycles. The molecule has 1 N–H and O–H groups in total. The molecule has 108 valence electrons. The number of aryl methyl sites for hydroxylation is 2. The first-order valence-corrected chi connectivity index (χ1v) is 6.81. The van der Waals surface area contributed by atoms with Crippen molar-refractivity contribution >= 4 is 17.6 Å². The van der Waals surface area contributed by atoms with Crippen molar-refractivity contribution in [1.29, 1.82) is 0 Å². The summed E-state index contributed by atoms with van der Waals surface area (Å²) < 4.78 is 13.6. The number of carboxylic acid groups (broad SMARTS) is 1. The van der Waals surface area contributed by atoms with Crippen molar-refractivity contribution in [2.75, 3.05) is 0 Å². The highest BCUT2D eigenvalue weighted by molar-refractivity contribution is 6.20. The lowest BCUT2D eigenvalue weighted by Crippen LogP contribution is -2.00. The van der Waals surface area contributed by atoms with E-state index >= 15 is 0 Å². The molecule has 0 spiro atoms. The number of hydrogen-bond donors (Lipinski definition) is 1. The molecule has 2 aromatic carbocycles. The van der Waals surface area contributed by atoms with E-state index in [0.29, 0.717) is 11.1 Å². The molecule has 0 saturated carbocycles. The van der Waals surface area contributed by atoms with Crippen molar-refractivity contribution in [3.63, 3.8) is 0 Å². The third kappa shape index (κ3) is 3.57. The molecule has 0 heterocycles. The SMILES string of the molecule is CCc1ccc(/C=C(\C(=O)O)c2ccc(C)c(F)c2)cc1. The van der Waals surface area contributed by atoms with E-state index in [1.807, 2.05) is 24.3 Å². The first-order valence-electron chi connectivity index (χ1n) is 6.81. The van der Waals surface area contributed by atoms with Crippen molar-refractivity contribution in [2.24, 2.45) is 0 Å². The van der Waals surface area contributed by atoms with Gasteiger partial charge in [-0.15, -0.1) is 0 Å². The van der Waals surface area contributed by atoms with Crippen molar-refractivity contribution in [3.05, 3.63) is 70.5 Å². The second-order valence-electron chi connectivity index (χ2n) is 4.92. The Bertz CT molecular complexity index is 685. The number of halogens is 1. The maximum Gasteiger partial charge on any atom is 0.336 e. The van der Waals surface area contributed by atoms with Crippen LogP contribution in [-0.4, -0.2) is 11.1 Å². The minimum absolute atomic E-state index is 0.0816. The van der Waals surface area contributed by atoms with E-state index < -0.39 is 11.8 Å². The van der Waals surface area contributed by atoms with Gasteiger partial charge in [0.15, 0.2) is 0 Å². The fraction of sp³-hybridized carbons (Fsp3) is 0.167. The van der Waals surface area contributed by atoms with Gasteiger partial charge in [0.05, 0.1) is 5.57 Å². The lowest BCUT2D eigenvalue weighted by atomic mass is 10.0. The van der Waals surface area contributed by atoms with Crippen LogP contribution >= 0.6 is 0 Å². The zero-order chi connectivity index (χ0) is 15.4. The highest BCUT2D eigenvalue weighted by atomic mass is 19.1. The van der Waals surface area contributed by atoms with E-state index in [4.69, 9.17) is 0 Å². The Morgan fingerprint density at radius 2 is 1.86 bits per heavy atom. The Balaban J connectivity index is 2.44. The van der Waals surface area contributed by atoms with Crippen molar-refractivity contribution in [3.8, 4) is 0 Å². The maximum absolute atomic E-state index is 13.6. The monoisotopic (exact) mass is 284 g/mol. The van der Waals surface area contributed by atoms with Gasteiger partial charge in [0.25, 0.3) is 0 Å². The molecular weight excluding hydrogens is 267 g/mol. The van der Waals surface area contributed by atoms with Gasteiger partial charge in [0.2, 0.25) is 0 Å². The van der Waals surface area contributed by atoms with Crippen LogP contribution in [-0.2, 0) is 11.2 Å². The quantitative estimate of drug-likeness (QED) is 0.670. The smallest absolute Gasteiger partial charge is 0.336 e. The van der Waals surface area contributed by atoms with Crippen molar-refractivity contribution in [1.82, 2.24) is 0 Å². The Morgan fingerprint density at radius 1 is 1.19 bits per heavy atom. The predicted molar refractivity (Wildman–Crippen MR) is 82.5 cm³/mol. The summed E-state index contributed by atoms with van der Waals surface area (Å²) in [6.07, 6.45) is 2.49. The molecule has 0 unspecified atom stereocenters. The average molecular weight is 284 g/mol. The first-order chi connectivity index (χ1) is 10.0. The Hall–Kier alpha value is -2.42. The number of aliphatic carboxylic acids is 1. The van der Waals surface area contributed by atoms with Crippen LogP contribution in [0.3, 0.4) is 0 Å². The van der Waals surface area contributed by atoms with E-state index in [9.17, 15) is 14.3 Å². The number of rotatable bonds is 4. The second-order valence-corrected chi connectivity index (χ2v) is 4.92. The summed E-state index contributed by atoms with van der Waals surface area (Å²) >= 11 is 0. The molecule has 0 atom stereocenters. The van der Waals surface area contributed by atoms with Gasteiger partial charge in [-0.25, -0.2) is 9.18 Å². The summed E-state index contributed by atoms with van der Waals surface area (Å²) in [5, 5.41) is 9.36. The topological polar surface area (TPSA) is 37.3 Å². The molecule has 0 aliphatic heterocycles. The summed E-state index contributed by atoms with van der Waals surface area (Å²) in [6.45, 7) is 3.70. The van der Waals surface area contributed by atoms with Gasteiger partial charge in [-0.2, -0.15) is 0 Å². The summed E-state index contributed by atoms with van der Waals surface area (Å²) in [4.78, 5) is 11.4. The Kier molecular flexibility index (Phi) is 4.53. The molecule has 2 nitrogen and oxygen atoms in total. The molecule has 2 rings (SSSR count). The average Bonchev–Trinajstić information content (AvgIpc) is 2.48. The molecular formula is C18H17FO2. The molecule has 0 amide bonds. The third-order valence-electron chi connectivity index (χ3n) is 3.41. The Labute approximate surface area is 123 Å². The van der Waals surface area contributed by atoms with Gasteiger partial charge in [-0.3, -0.25) is 0 Å². The van der Waals surface area contributed by atoms with Gasteiger partial charge >= 0.3 is 5.97 Å².